The summed E-state index contributed by atoms with van der Waals surface area (Å²) in [4.78, 5) is 35.5. The van der Waals surface area contributed by atoms with E-state index in [1.807, 2.05) is 0 Å². The summed E-state index contributed by atoms with van der Waals surface area (Å²) in [5, 5.41) is 16.2. The minimum atomic E-state index is -0.481. The molecular weight excluding hydrogens is 300 g/mol. The van der Waals surface area contributed by atoms with E-state index in [2.05, 4.69) is 10.6 Å². The second kappa shape index (κ2) is 7.57. The van der Waals surface area contributed by atoms with Gasteiger partial charge < -0.3 is 15.5 Å². The molecular formula is C15H20N4O4. The van der Waals surface area contributed by atoms with Gasteiger partial charge in [0, 0.05) is 32.1 Å². The number of carbonyl (C=O) groups excluding carboxylic acids is 2. The average molecular weight is 320 g/mol. The van der Waals surface area contributed by atoms with Gasteiger partial charge in [0.2, 0.25) is 5.91 Å². The highest BCUT2D eigenvalue weighted by molar-refractivity contribution is 5.90. The van der Waals surface area contributed by atoms with E-state index >= 15 is 0 Å². The summed E-state index contributed by atoms with van der Waals surface area (Å²) >= 11 is 0. The summed E-state index contributed by atoms with van der Waals surface area (Å²) < 4.78 is 0. The first-order valence-corrected chi connectivity index (χ1v) is 7.55. The molecule has 1 saturated heterocycles. The van der Waals surface area contributed by atoms with Gasteiger partial charge in [-0.1, -0.05) is 6.07 Å². The van der Waals surface area contributed by atoms with E-state index in [-0.39, 0.29) is 11.6 Å². The Balaban J connectivity index is 1.78. The molecule has 0 spiro atoms. The van der Waals surface area contributed by atoms with Crippen LogP contribution >= 0.6 is 0 Å². The summed E-state index contributed by atoms with van der Waals surface area (Å²) in [6.07, 6.45) is 2.19. The first-order chi connectivity index (χ1) is 11.0. The van der Waals surface area contributed by atoms with Crippen molar-refractivity contribution in [2.24, 2.45) is 0 Å². The molecule has 0 aliphatic carbocycles. The number of nitro groups is 1. The standard InChI is InChI=1S/C15H20N4O4/c1-11-12(5-2-6-13(11)19(22)23)17-15(21)16-8-4-10-18-9-3-7-14(18)20/h2,5-6H,3-4,7-10H2,1H3,(H2,16,17,21). The van der Waals surface area contributed by atoms with Gasteiger partial charge in [-0.05, 0) is 25.8 Å². The Morgan fingerprint density at radius 3 is 2.87 bits per heavy atom. The highest BCUT2D eigenvalue weighted by Gasteiger charge is 2.19. The predicted octanol–water partition coefficient (Wildman–Crippen LogP) is 2.04. The number of anilines is 1. The molecule has 0 saturated carbocycles. The van der Waals surface area contributed by atoms with Gasteiger partial charge in [0.05, 0.1) is 16.2 Å². The Labute approximate surface area is 134 Å². The van der Waals surface area contributed by atoms with Crippen molar-refractivity contribution in [3.63, 3.8) is 0 Å². The van der Waals surface area contributed by atoms with Gasteiger partial charge in [-0.15, -0.1) is 0 Å². The third kappa shape index (κ3) is 4.41. The van der Waals surface area contributed by atoms with E-state index in [1.165, 1.54) is 12.1 Å². The molecule has 2 rings (SSSR count). The van der Waals surface area contributed by atoms with Crippen LogP contribution in [0.5, 0.6) is 0 Å². The number of nitrogens with one attached hydrogen (secondary N) is 2. The van der Waals surface area contributed by atoms with Crippen LogP contribution in [0.1, 0.15) is 24.8 Å². The van der Waals surface area contributed by atoms with Crippen LogP contribution < -0.4 is 10.6 Å². The molecule has 1 aromatic rings. The van der Waals surface area contributed by atoms with E-state index in [9.17, 15) is 19.7 Å². The summed E-state index contributed by atoms with van der Waals surface area (Å²) in [5.74, 6) is 0.168. The largest absolute Gasteiger partial charge is 0.343 e. The Bertz CT molecular complexity index is 617. The molecule has 1 aromatic carbocycles. The topological polar surface area (TPSA) is 105 Å². The number of hydrogen-bond acceptors (Lipinski definition) is 4. The smallest absolute Gasteiger partial charge is 0.319 e. The minimum absolute atomic E-state index is 0.0321. The van der Waals surface area contributed by atoms with Gasteiger partial charge in [0.25, 0.3) is 5.69 Å². The molecule has 23 heavy (non-hydrogen) atoms. The Morgan fingerprint density at radius 1 is 1.43 bits per heavy atom. The van der Waals surface area contributed by atoms with Crippen molar-refractivity contribution in [2.75, 3.05) is 25.0 Å². The lowest BCUT2D eigenvalue weighted by Gasteiger charge is -2.15. The van der Waals surface area contributed by atoms with Gasteiger partial charge >= 0.3 is 6.03 Å². The zero-order valence-corrected chi connectivity index (χ0v) is 13.0. The van der Waals surface area contributed by atoms with E-state index in [0.29, 0.717) is 37.2 Å². The lowest BCUT2D eigenvalue weighted by Crippen LogP contribution is -2.33. The molecule has 3 amide bonds. The number of nitro benzene ring substituents is 1. The first-order valence-electron chi connectivity index (χ1n) is 7.55. The van der Waals surface area contributed by atoms with Crippen LogP contribution in [0.25, 0.3) is 0 Å². The maximum absolute atomic E-state index is 11.8. The molecule has 1 aliphatic rings. The number of carbonyl (C=O) groups is 2. The molecule has 8 heteroatoms. The molecule has 1 aliphatic heterocycles. The van der Waals surface area contributed by atoms with Crippen LogP contribution in [-0.4, -0.2) is 41.4 Å². The van der Waals surface area contributed by atoms with Gasteiger partial charge in [0.15, 0.2) is 0 Å². The lowest BCUT2D eigenvalue weighted by atomic mass is 10.1. The summed E-state index contributed by atoms with van der Waals surface area (Å²) in [6.45, 7) is 3.45. The van der Waals surface area contributed by atoms with Gasteiger partial charge in [-0.25, -0.2) is 4.79 Å². The molecule has 0 radical (unpaired) electrons. The molecule has 124 valence electrons. The fraction of sp³-hybridized carbons (Fsp3) is 0.467. The predicted molar refractivity (Wildman–Crippen MR) is 85.3 cm³/mol. The van der Waals surface area contributed by atoms with Crippen molar-refractivity contribution in [1.82, 2.24) is 10.2 Å². The van der Waals surface area contributed by atoms with E-state index in [1.54, 1.807) is 17.9 Å². The van der Waals surface area contributed by atoms with E-state index in [0.717, 1.165) is 13.0 Å². The molecule has 0 atom stereocenters. The number of benzene rings is 1. The zero-order valence-electron chi connectivity index (χ0n) is 13.0. The van der Waals surface area contributed by atoms with E-state index in [4.69, 9.17) is 0 Å². The van der Waals surface area contributed by atoms with Crippen molar-refractivity contribution in [3.05, 3.63) is 33.9 Å². The Hall–Kier alpha value is -2.64. The number of nitrogens with zero attached hydrogens (tertiary/aromatic N) is 2. The Morgan fingerprint density at radius 2 is 2.22 bits per heavy atom. The van der Waals surface area contributed by atoms with Crippen LogP contribution in [0.4, 0.5) is 16.2 Å². The van der Waals surface area contributed by atoms with Crippen LogP contribution in [0, 0.1) is 17.0 Å². The zero-order chi connectivity index (χ0) is 16.8. The SMILES string of the molecule is Cc1c(NC(=O)NCCCN2CCCC2=O)cccc1[N+](=O)[O-]. The summed E-state index contributed by atoms with van der Waals surface area (Å²) in [6, 6.07) is 4.12. The average Bonchev–Trinajstić information content (AvgIpc) is 2.91. The highest BCUT2D eigenvalue weighted by atomic mass is 16.6. The summed E-state index contributed by atoms with van der Waals surface area (Å²) in [5.41, 5.74) is 0.789. The van der Waals surface area contributed by atoms with Gasteiger partial charge in [-0.3, -0.25) is 14.9 Å². The second-order valence-corrected chi connectivity index (χ2v) is 5.43. The highest BCUT2D eigenvalue weighted by Crippen LogP contribution is 2.24. The molecule has 2 N–H and O–H groups in total. The third-order valence-corrected chi connectivity index (χ3v) is 3.81. The van der Waals surface area contributed by atoms with E-state index < -0.39 is 11.0 Å². The molecule has 8 nitrogen and oxygen atoms in total. The maximum Gasteiger partial charge on any atom is 0.319 e. The van der Waals surface area contributed by atoms with Crippen LogP contribution in [-0.2, 0) is 4.79 Å². The minimum Gasteiger partial charge on any atom is -0.343 e. The quantitative estimate of drug-likeness (QED) is 0.475. The molecule has 0 aromatic heterocycles. The van der Waals surface area contributed by atoms with Crippen LogP contribution in [0.3, 0.4) is 0 Å². The molecule has 1 fully saturated rings. The maximum atomic E-state index is 11.8. The number of hydrogen-bond donors (Lipinski definition) is 2. The first kappa shape index (κ1) is 16.7. The third-order valence-electron chi connectivity index (χ3n) is 3.81. The second-order valence-electron chi connectivity index (χ2n) is 5.43. The van der Waals surface area contributed by atoms with Crippen molar-refractivity contribution in [1.29, 1.82) is 0 Å². The monoisotopic (exact) mass is 320 g/mol. The number of rotatable bonds is 6. The fourth-order valence-electron chi connectivity index (χ4n) is 2.54. The van der Waals surface area contributed by atoms with Crippen molar-refractivity contribution < 1.29 is 14.5 Å². The fourth-order valence-corrected chi connectivity index (χ4v) is 2.54. The van der Waals surface area contributed by atoms with Gasteiger partial charge in [-0.2, -0.15) is 0 Å². The van der Waals surface area contributed by atoms with Crippen molar-refractivity contribution >= 4 is 23.3 Å². The number of amides is 3. The number of urea groups is 1. The molecule has 0 bridgehead atoms. The van der Waals surface area contributed by atoms with Crippen LogP contribution in [0.15, 0.2) is 18.2 Å². The summed E-state index contributed by atoms with van der Waals surface area (Å²) in [7, 11) is 0. The van der Waals surface area contributed by atoms with Gasteiger partial charge in [0.1, 0.15) is 0 Å². The number of likely N-dealkylation sites (tertiary alicyclic amines) is 1. The Kier molecular flexibility index (Phi) is 5.51. The van der Waals surface area contributed by atoms with Crippen LogP contribution in [0.2, 0.25) is 0 Å². The van der Waals surface area contributed by atoms with Crippen molar-refractivity contribution in [3.8, 4) is 0 Å². The molecule has 1 heterocycles. The molecule has 0 unspecified atom stereocenters. The lowest BCUT2D eigenvalue weighted by molar-refractivity contribution is -0.385. The normalized spacial score (nSPS) is 14.0. The van der Waals surface area contributed by atoms with Crippen molar-refractivity contribution in [2.45, 2.75) is 26.2 Å².